The standard InChI is InChI=1S/C68H92N10O16/c1-39(2)60(76-63(85)53(72-44(7)80)19-12-13-31-71-66(88)91-37-52-50-17-10-8-15-48(50)49-16-9-11-18-51(49)52)64(86)75-54(20-14-32-70-65(69)87)62(84)73-46-26-24-45(25-27-46)36-90-67(89)78-77-59(82)34-47-35-68(38-92-68)61(83)57(94-47)29-22-40(3)21-28-56-41(4)33-55(43(6)93-56)74-58(81)30-23-42(5)79/h8-11,15-18,21-27,29-30,39,41-43,47,52-57,60-61,79,83H,12-14,19-20,28,31-38H2,1-7H3,(H,71,88)(H,72,80)(H,73,84)(H,74,81)(H,75,86)(H,76,85)(H,77,82)(H,78,89)(H3,69,70,87)/b29-22+,30-23-,40-21+/t41-,42-,43+,47+,53-,54-,55+,56-,57+,60-,61+,68+/m0/s1. The molecule has 3 aliphatic heterocycles. The van der Waals surface area contributed by atoms with Gasteiger partial charge in [-0.2, -0.15) is 0 Å². The van der Waals surface area contributed by atoms with Crippen LogP contribution in [-0.4, -0.2) is 157 Å². The van der Waals surface area contributed by atoms with Crippen LogP contribution in [0.15, 0.2) is 109 Å². The summed E-state index contributed by atoms with van der Waals surface area (Å²) in [6.45, 7) is 12.7. The van der Waals surface area contributed by atoms with Gasteiger partial charge in [-0.1, -0.05) is 111 Å². The molecule has 1 aliphatic carbocycles. The van der Waals surface area contributed by atoms with Crippen LogP contribution in [-0.2, 0) is 59.1 Å². The van der Waals surface area contributed by atoms with Gasteiger partial charge in [-0.3, -0.25) is 34.2 Å². The summed E-state index contributed by atoms with van der Waals surface area (Å²) in [7, 11) is 0. The molecular weight excluding hydrogens is 1210 g/mol. The zero-order valence-electron chi connectivity index (χ0n) is 54.4. The number of aliphatic hydroxyl groups excluding tert-OH is 2. The Morgan fingerprint density at radius 1 is 0.755 bits per heavy atom. The molecule has 26 nitrogen and oxygen atoms in total. The first kappa shape index (κ1) is 72.7. The molecule has 1 spiro atoms. The highest BCUT2D eigenvalue weighted by molar-refractivity contribution is 5.99. The van der Waals surface area contributed by atoms with Crippen LogP contribution >= 0.6 is 0 Å². The van der Waals surface area contributed by atoms with Gasteiger partial charge in [0.05, 0.1) is 43.5 Å². The van der Waals surface area contributed by atoms with Gasteiger partial charge < -0.3 is 76.8 Å². The number of urea groups is 1. The van der Waals surface area contributed by atoms with E-state index in [1.165, 1.54) is 19.1 Å². The van der Waals surface area contributed by atoms with Gasteiger partial charge in [0.15, 0.2) is 0 Å². The SMILES string of the molecule is CC(=O)N[C@@H](CCCCNC(=O)OCC1c2ccccc2-c2ccccc21)C(=O)N[C@H](C(=O)N[C@@H](CCCNC(N)=O)C(=O)Nc1ccc(COC(=O)NNC(=O)C[C@@H]2C[C@@]3(CO3)[C@H](O)[C@@H](/C=C/C(C)=C/C[C@@H]3O[C@H](C)[C@H](NC(=O)/C=C\[C@H](C)O)C[C@@H]3C)O2)cc1)C(C)C. The Labute approximate surface area is 548 Å². The smallest absolute Gasteiger partial charge is 0.426 e. The van der Waals surface area contributed by atoms with E-state index < -0.39 is 102 Å². The van der Waals surface area contributed by atoms with Crippen molar-refractivity contribution in [2.45, 2.75) is 185 Å². The Bertz CT molecular complexity index is 3180. The highest BCUT2D eigenvalue weighted by Gasteiger charge is 2.58. The van der Waals surface area contributed by atoms with E-state index in [1.54, 1.807) is 51.1 Å². The Kier molecular flexibility index (Phi) is 27.1. The lowest BCUT2D eigenvalue weighted by molar-refractivity contribution is -0.145. The molecule has 0 bridgehead atoms. The number of unbranched alkanes of at least 4 members (excludes halogenated alkanes) is 1. The number of hydrazine groups is 1. The first-order chi connectivity index (χ1) is 44.9. The third kappa shape index (κ3) is 22.0. The van der Waals surface area contributed by atoms with Gasteiger partial charge in [0.1, 0.15) is 49.1 Å². The van der Waals surface area contributed by atoms with Crippen LogP contribution in [0.25, 0.3) is 11.1 Å². The summed E-state index contributed by atoms with van der Waals surface area (Å²) in [5.74, 6) is -3.70. The number of hydrogen-bond donors (Lipinski definition) is 12. The quantitative estimate of drug-likeness (QED) is 0.0138. The van der Waals surface area contributed by atoms with Crippen molar-refractivity contribution in [1.82, 2.24) is 42.8 Å². The monoisotopic (exact) mass is 1300 g/mol. The molecule has 510 valence electrons. The minimum Gasteiger partial charge on any atom is -0.449 e. The number of fused-ring (bicyclic) bond motifs is 3. The molecule has 0 aromatic heterocycles. The second kappa shape index (κ2) is 35.0. The topological polar surface area (TPSA) is 378 Å². The van der Waals surface area contributed by atoms with Crippen LogP contribution in [0.5, 0.6) is 0 Å². The van der Waals surface area contributed by atoms with Crippen LogP contribution in [0, 0.1) is 11.8 Å². The number of anilines is 1. The average Bonchev–Trinajstić information content (AvgIpc) is 1.61. The van der Waals surface area contributed by atoms with Crippen molar-refractivity contribution >= 4 is 59.3 Å². The molecule has 7 rings (SSSR count). The van der Waals surface area contributed by atoms with Gasteiger partial charge in [-0.15, -0.1) is 0 Å². The first-order valence-corrected chi connectivity index (χ1v) is 32.1. The predicted octanol–water partition coefficient (Wildman–Crippen LogP) is 4.98. The fourth-order valence-corrected chi connectivity index (χ4v) is 11.7. The number of amides is 10. The van der Waals surface area contributed by atoms with Crippen molar-refractivity contribution in [1.29, 1.82) is 0 Å². The number of primary amides is 1. The zero-order valence-corrected chi connectivity index (χ0v) is 54.4. The third-order valence-corrected chi connectivity index (χ3v) is 17.0. The molecule has 10 amide bonds. The number of carbonyl (C=O) groups excluding carboxylic acids is 9. The second-order valence-electron chi connectivity index (χ2n) is 24.9. The normalized spacial score (nSPS) is 22.7. The number of carbonyl (C=O) groups is 9. The van der Waals surface area contributed by atoms with Gasteiger partial charge in [-0.25, -0.2) is 19.8 Å². The van der Waals surface area contributed by atoms with E-state index in [2.05, 4.69) is 67.1 Å². The lowest BCUT2D eigenvalue weighted by Gasteiger charge is -2.39. The van der Waals surface area contributed by atoms with Crippen LogP contribution in [0.4, 0.5) is 20.1 Å². The van der Waals surface area contributed by atoms with Gasteiger partial charge in [0.2, 0.25) is 35.4 Å². The summed E-state index contributed by atoms with van der Waals surface area (Å²) in [5, 5.41) is 39.7. The third-order valence-electron chi connectivity index (χ3n) is 17.0. The Morgan fingerprint density at radius 2 is 1.41 bits per heavy atom. The molecule has 3 fully saturated rings. The second-order valence-corrected chi connectivity index (χ2v) is 24.9. The molecule has 0 saturated carbocycles. The number of rotatable bonds is 30. The fraction of sp³-hybridized carbons (Fsp3) is 0.515. The molecule has 94 heavy (non-hydrogen) atoms. The number of ether oxygens (including phenoxy) is 5. The summed E-state index contributed by atoms with van der Waals surface area (Å²) in [4.78, 5) is 116. The van der Waals surface area contributed by atoms with E-state index in [-0.39, 0.29) is 94.4 Å². The van der Waals surface area contributed by atoms with E-state index in [1.807, 2.05) is 62.4 Å². The maximum absolute atomic E-state index is 14.0. The lowest BCUT2D eigenvalue weighted by Crippen LogP contribution is -2.57. The Balaban J connectivity index is 0.827. The summed E-state index contributed by atoms with van der Waals surface area (Å²) in [5.41, 5.74) is 15.1. The number of allylic oxidation sites excluding steroid dienone is 2. The number of epoxide rings is 1. The molecule has 3 aromatic carbocycles. The number of benzene rings is 3. The molecule has 4 aliphatic rings. The van der Waals surface area contributed by atoms with E-state index >= 15 is 0 Å². The molecule has 0 unspecified atom stereocenters. The molecule has 3 saturated heterocycles. The number of nitrogens with two attached hydrogens (primary N) is 1. The predicted molar refractivity (Wildman–Crippen MR) is 348 cm³/mol. The van der Waals surface area contributed by atoms with Crippen LogP contribution in [0.2, 0.25) is 0 Å². The van der Waals surface area contributed by atoms with E-state index in [0.717, 1.165) is 34.2 Å². The first-order valence-electron chi connectivity index (χ1n) is 32.1. The number of nitrogens with one attached hydrogen (secondary N) is 9. The van der Waals surface area contributed by atoms with E-state index in [9.17, 15) is 53.4 Å². The molecule has 3 aromatic rings. The Morgan fingerprint density at radius 3 is 2.06 bits per heavy atom. The summed E-state index contributed by atoms with van der Waals surface area (Å²) in [6, 6.07) is 18.0. The Hall–Kier alpha value is -8.69. The number of aliphatic hydroxyl groups is 2. The van der Waals surface area contributed by atoms with Gasteiger partial charge in [0.25, 0.3) is 0 Å². The zero-order chi connectivity index (χ0) is 68.1. The summed E-state index contributed by atoms with van der Waals surface area (Å²) < 4.78 is 29.1. The van der Waals surface area contributed by atoms with Crippen molar-refractivity contribution in [3.05, 3.63) is 125 Å². The van der Waals surface area contributed by atoms with Crippen molar-refractivity contribution < 1.29 is 77.0 Å². The molecule has 13 N–H and O–H groups in total. The summed E-state index contributed by atoms with van der Waals surface area (Å²) in [6.07, 6.45) is 6.05. The van der Waals surface area contributed by atoms with Gasteiger partial charge >= 0.3 is 18.2 Å². The maximum atomic E-state index is 14.0. The largest absolute Gasteiger partial charge is 0.449 e. The fourth-order valence-electron chi connectivity index (χ4n) is 11.7. The maximum Gasteiger partial charge on any atom is 0.426 e. The molecule has 26 heteroatoms. The van der Waals surface area contributed by atoms with Crippen LogP contribution in [0.3, 0.4) is 0 Å². The van der Waals surface area contributed by atoms with E-state index in [0.29, 0.717) is 37.1 Å². The van der Waals surface area contributed by atoms with E-state index in [4.69, 9.17) is 29.4 Å². The van der Waals surface area contributed by atoms with Gasteiger partial charge in [0, 0.05) is 44.1 Å². The molecule has 12 atom stereocenters. The minimum atomic E-state index is -1.17. The number of alkyl carbamates (subject to hydrolysis) is 1. The van der Waals surface area contributed by atoms with Crippen molar-refractivity contribution in [3.8, 4) is 11.1 Å². The molecule has 3 heterocycles. The summed E-state index contributed by atoms with van der Waals surface area (Å²) >= 11 is 0. The number of hydrogen-bond acceptors (Lipinski definition) is 16. The highest BCUT2D eigenvalue weighted by atomic mass is 16.6. The van der Waals surface area contributed by atoms with Crippen molar-refractivity contribution in [2.24, 2.45) is 17.6 Å². The van der Waals surface area contributed by atoms with Gasteiger partial charge in [-0.05, 0) is 118 Å². The molecular formula is C68H92N10O16. The highest BCUT2D eigenvalue weighted by Crippen LogP contribution is 2.45. The van der Waals surface area contributed by atoms with Crippen LogP contribution < -0.4 is 53.8 Å². The van der Waals surface area contributed by atoms with Crippen molar-refractivity contribution in [3.63, 3.8) is 0 Å². The average molecular weight is 1310 g/mol. The van der Waals surface area contributed by atoms with Crippen LogP contribution in [0.1, 0.15) is 129 Å². The lowest BCUT2D eigenvalue weighted by atomic mass is 9.87. The molecule has 0 radical (unpaired) electrons. The minimum absolute atomic E-state index is 0.0470. The van der Waals surface area contributed by atoms with Crippen molar-refractivity contribution in [2.75, 3.05) is 31.6 Å².